The number of aromatic nitrogens is 4. The fourth-order valence-electron chi connectivity index (χ4n) is 4.58. The highest BCUT2D eigenvalue weighted by Gasteiger charge is 2.34. The number of ether oxygens (including phenoxy) is 1. The van der Waals surface area contributed by atoms with Crippen molar-refractivity contribution in [1.29, 1.82) is 0 Å². The highest BCUT2D eigenvalue weighted by molar-refractivity contribution is 7.14. The second kappa shape index (κ2) is 9.63. The normalized spacial score (nSPS) is 15.2. The summed E-state index contributed by atoms with van der Waals surface area (Å²) in [5, 5.41) is 19.0. The molecule has 0 saturated carbocycles. The van der Waals surface area contributed by atoms with E-state index < -0.39 is 0 Å². The highest BCUT2D eigenvalue weighted by atomic mass is 32.1. The van der Waals surface area contributed by atoms with Gasteiger partial charge in [-0.15, -0.1) is 16.4 Å². The molecule has 3 aromatic carbocycles. The van der Waals surface area contributed by atoms with Crippen LogP contribution in [0.2, 0.25) is 0 Å². The molecule has 7 nitrogen and oxygen atoms in total. The summed E-state index contributed by atoms with van der Waals surface area (Å²) in [6.45, 7) is 4.11. The molecule has 0 radical (unpaired) electrons. The summed E-state index contributed by atoms with van der Waals surface area (Å²) in [6, 6.07) is 26.6. The number of benzene rings is 3. The minimum Gasteiger partial charge on any atom is -0.497 e. The Labute approximate surface area is 219 Å². The molecule has 184 valence electrons. The van der Waals surface area contributed by atoms with E-state index in [2.05, 4.69) is 71.1 Å². The van der Waals surface area contributed by atoms with Crippen LogP contribution in [-0.2, 0) is 0 Å². The minimum atomic E-state index is -0.0381. The summed E-state index contributed by atoms with van der Waals surface area (Å²) in [5.74, 6) is 0.816. The van der Waals surface area contributed by atoms with Gasteiger partial charge in [-0.05, 0) is 43.7 Å². The van der Waals surface area contributed by atoms with Gasteiger partial charge in [-0.2, -0.15) is 5.10 Å². The maximum atomic E-state index is 5.51. The summed E-state index contributed by atoms with van der Waals surface area (Å²) < 4.78 is 7.39. The molecule has 5 aromatic rings. The molecule has 0 N–H and O–H groups in total. The number of anilines is 1. The molecule has 0 bridgehead atoms. The third-order valence-electron chi connectivity index (χ3n) is 6.59. The maximum absolute atomic E-state index is 5.51. The van der Waals surface area contributed by atoms with Crippen molar-refractivity contribution < 1.29 is 4.74 Å². The van der Waals surface area contributed by atoms with Gasteiger partial charge in [0.15, 0.2) is 0 Å². The van der Waals surface area contributed by atoms with Crippen LogP contribution < -0.4 is 9.75 Å². The van der Waals surface area contributed by atoms with E-state index in [-0.39, 0.29) is 6.04 Å². The first-order valence-corrected chi connectivity index (χ1v) is 13.0. The van der Waals surface area contributed by atoms with Crippen molar-refractivity contribution in [1.82, 2.24) is 20.0 Å². The summed E-state index contributed by atoms with van der Waals surface area (Å²) in [5.41, 5.74) is 7.97. The van der Waals surface area contributed by atoms with Gasteiger partial charge in [0.2, 0.25) is 5.13 Å². The van der Waals surface area contributed by atoms with Crippen LogP contribution in [0.5, 0.6) is 5.75 Å². The molecule has 2 aromatic heterocycles. The number of methoxy groups -OCH3 is 1. The highest BCUT2D eigenvalue weighted by Crippen LogP contribution is 2.40. The molecule has 1 atom stereocenters. The van der Waals surface area contributed by atoms with Gasteiger partial charge < -0.3 is 4.74 Å². The number of hydrogen-bond donors (Lipinski definition) is 0. The Morgan fingerprint density at radius 2 is 1.76 bits per heavy atom. The summed E-state index contributed by atoms with van der Waals surface area (Å²) >= 11 is 1.59. The Kier molecular flexibility index (Phi) is 6.02. The molecule has 0 aliphatic carbocycles. The van der Waals surface area contributed by atoms with Gasteiger partial charge in [0.25, 0.3) is 0 Å². The predicted octanol–water partition coefficient (Wildman–Crippen LogP) is 6.37. The summed E-state index contributed by atoms with van der Waals surface area (Å²) in [4.78, 5) is 4.96. The quantitative estimate of drug-likeness (QED) is 0.268. The van der Waals surface area contributed by atoms with Crippen LogP contribution in [0, 0.1) is 13.8 Å². The smallest absolute Gasteiger partial charge is 0.207 e. The number of aryl methyl sites for hydroxylation is 1. The van der Waals surface area contributed by atoms with E-state index in [1.165, 1.54) is 5.56 Å². The Hall–Kier alpha value is -4.30. The van der Waals surface area contributed by atoms with Crippen LogP contribution in [0.25, 0.3) is 16.9 Å². The number of rotatable bonds is 6. The molecule has 0 spiro atoms. The van der Waals surface area contributed by atoms with E-state index in [0.29, 0.717) is 6.42 Å². The first-order chi connectivity index (χ1) is 18.1. The lowest BCUT2D eigenvalue weighted by Crippen LogP contribution is -2.18. The van der Waals surface area contributed by atoms with Gasteiger partial charge in [0.1, 0.15) is 11.4 Å². The standard InChI is InChI=1S/C29H26N6OS/c1-19-12-14-23(15-13-19)34-20(2)28(31-33-34)25-17-27(22-10-7-11-24(16-22)36-3)35(32-25)29-30-26(18-37-29)21-8-5-4-6-9-21/h4-16,18,27H,17H2,1-3H3/t27-/m1/s1. The molecular weight excluding hydrogens is 480 g/mol. The monoisotopic (exact) mass is 506 g/mol. The molecule has 3 heterocycles. The fourth-order valence-corrected chi connectivity index (χ4v) is 5.41. The zero-order chi connectivity index (χ0) is 25.4. The van der Waals surface area contributed by atoms with Gasteiger partial charge in [-0.25, -0.2) is 14.7 Å². The average Bonchev–Trinajstić information content (AvgIpc) is 3.68. The molecule has 8 heteroatoms. The van der Waals surface area contributed by atoms with Crippen LogP contribution in [0.1, 0.15) is 35.0 Å². The van der Waals surface area contributed by atoms with Gasteiger partial charge in [0.05, 0.1) is 35.9 Å². The molecule has 0 unspecified atom stereocenters. The van der Waals surface area contributed by atoms with Crippen LogP contribution in [-0.4, -0.2) is 32.8 Å². The van der Waals surface area contributed by atoms with Gasteiger partial charge >= 0.3 is 0 Å². The van der Waals surface area contributed by atoms with Crippen molar-refractivity contribution in [2.75, 3.05) is 12.1 Å². The molecule has 1 aliphatic rings. The van der Waals surface area contributed by atoms with Crippen molar-refractivity contribution in [2.24, 2.45) is 5.10 Å². The SMILES string of the molecule is COc1cccc([C@H]2CC(c3nnn(-c4ccc(C)cc4)c3C)=NN2c2nc(-c3ccccc3)cs2)c1. The van der Waals surface area contributed by atoms with Crippen molar-refractivity contribution in [3.05, 3.63) is 107 Å². The lowest BCUT2D eigenvalue weighted by Gasteiger charge is -2.21. The largest absolute Gasteiger partial charge is 0.497 e. The number of thiazole rings is 1. The predicted molar refractivity (Wildman–Crippen MR) is 148 cm³/mol. The topological polar surface area (TPSA) is 68.4 Å². The first kappa shape index (κ1) is 23.1. The van der Waals surface area contributed by atoms with E-state index in [1.807, 2.05) is 46.9 Å². The first-order valence-electron chi connectivity index (χ1n) is 12.1. The van der Waals surface area contributed by atoms with Crippen molar-refractivity contribution in [2.45, 2.75) is 26.3 Å². The zero-order valence-electron chi connectivity index (χ0n) is 20.9. The second-order valence-corrected chi connectivity index (χ2v) is 9.88. The van der Waals surface area contributed by atoms with E-state index in [0.717, 1.165) is 50.5 Å². The van der Waals surface area contributed by atoms with E-state index in [1.54, 1.807) is 18.4 Å². The Morgan fingerprint density at radius 3 is 2.54 bits per heavy atom. The Bertz CT molecular complexity index is 1570. The van der Waals surface area contributed by atoms with Crippen molar-refractivity contribution in [3.63, 3.8) is 0 Å². The third-order valence-corrected chi connectivity index (χ3v) is 7.42. The summed E-state index contributed by atoms with van der Waals surface area (Å²) in [6.07, 6.45) is 0.681. The lowest BCUT2D eigenvalue weighted by atomic mass is 10.00. The Morgan fingerprint density at radius 1 is 0.946 bits per heavy atom. The zero-order valence-corrected chi connectivity index (χ0v) is 21.7. The number of hydrazone groups is 1. The van der Waals surface area contributed by atoms with E-state index >= 15 is 0 Å². The van der Waals surface area contributed by atoms with Crippen molar-refractivity contribution in [3.8, 4) is 22.7 Å². The summed E-state index contributed by atoms with van der Waals surface area (Å²) in [7, 11) is 1.69. The van der Waals surface area contributed by atoms with Crippen LogP contribution in [0.3, 0.4) is 0 Å². The molecular formula is C29H26N6OS. The molecule has 37 heavy (non-hydrogen) atoms. The lowest BCUT2D eigenvalue weighted by molar-refractivity contribution is 0.414. The van der Waals surface area contributed by atoms with Crippen LogP contribution in [0.15, 0.2) is 89.3 Å². The molecule has 0 fully saturated rings. The van der Waals surface area contributed by atoms with E-state index in [9.17, 15) is 0 Å². The van der Waals surface area contributed by atoms with Gasteiger partial charge in [-0.3, -0.25) is 0 Å². The number of nitrogens with zero attached hydrogens (tertiary/aromatic N) is 6. The van der Waals surface area contributed by atoms with Gasteiger partial charge in [-0.1, -0.05) is 65.4 Å². The minimum absolute atomic E-state index is 0.0381. The molecule has 0 saturated heterocycles. The van der Waals surface area contributed by atoms with Crippen LogP contribution >= 0.6 is 11.3 Å². The average molecular weight is 507 g/mol. The molecule has 6 rings (SSSR count). The Balaban J connectivity index is 1.40. The fraction of sp³-hybridized carbons (Fsp3) is 0.172. The third kappa shape index (κ3) is 4.40. The molecule has 1 aliphatic heterocycles. The molecule has 0 amide bonds. The van der Waals surface area contributed by atoms with Crippen molar-refractivity contribution >= 4 is 22.2 Å². The van der Waals surface area contributed by atoms with Gasteiger partial charge in [0, 0.05) is 17.4 Å². The van der Waals surface area contributed by atoms with Crippen LogP contribution in [0.4, 0.5) is 5.13 Å². The maximum Gasteiger partial charge on any atom is 0.207 e. The van der Waals surface area contributed by atoms with E-state index in [4.69, 9.17) is 14.8 Å². The number of hydrogen-bond acceptors (Lipinski definition) is 7. The second-order valence-electron chi connectivity index (χ2n) is 9.04.